The first-order chi connectivity index (χ1) is 9.69. The molecule has 1 fully saturated rings. The summed E-state index contributed by atoms with van der Waals surface area (Å²) in [5.74, 6) is -0.210. The lowest BCUT2D eigenvalue weighted by atomic mass is 10.1. The first kappa shape index (κ1) is 13.5. The Kier molecular flexibility index (Phi) is 3.70. The first-order valence-electron chi connectivity index (χ1n) is 6.80. The van der Waals surface area contributed by atoms with Crippen molar-refractivity contribution in [3.63, 3.8) is 0 Å². The molecule has 0 aromatic heterocycles. The molecule has 2 atom stereocenters. The van der Waals surface area contributed by atoms with Crippen molar-refractivity contribution >= 4 is 23.6 Å². The molecule has 0 bridgehead atoms. The highest BCUT2D eigenvalue weighted by Crippen LogP contribution is 2.38. The van der Waals surface area contributed by atoms with Crippen molar-refractivity contribution in [1.82, 2.24) is 4.90 Å². The van der Waals surface area contributed by atoms with Crippen LogP contribution in [0.1, 0.15) is 12.0 Å². The molecule has 4 nitrogen and oxygen atoms in total. The van der Waals surface area contributed by atoms with Crippen LogP contribution in [0.3, 0.4) is 0 Å². The number of carbonyl (C=O) groups excluding carboxylic acids is 2. The summed E-state index contributed by atoms with van der Waals surface area (Å²) in [6.45, 7) is 1.16. The third-order valence-corrected chi connectivity index (χ3v) is 5.26. The van der Waals surface area contributed by atoms with E-state index in [9.17, 15) is 9.59 Å². The van der Waals surface area contributed by atoms with Crippen LogP contribution in [0.4, 0.5) is 0 Å². The molecular formula is C15H17NO3S. The van der Waals surface area contributed by atoms with Gasteiger partial charge < -0.3 is 9.64 Å². The molecule has 20 heavy (non-hydrogen) atoms. The van der Waals surface area contributed by atoms with Crippen LogP contribution in [0.15, 0.2) is 29.2 Å². The van der Waals surface area contributed by atoms with Gasteiger partial charge in [0.15, 0.2) is 0 Å². The Bertz CT molecular complexity index is 521. The molecule has 0 saturated carbocycles. The second kappa shape index (κ2) is 5.48. The number of amides is 1. The third kappa shape index (κ3) is 2.42. The fraction of sp³-hybridized carbons (Fsp3) is 0.467. The minimum atomic E-state index is -0.206. The lowest BCUT2D eigenvalue weighted by Crippen LogP contribution is -2.36. The summed E-state index contributed by atoms with van der Waals surface area (Å²) in [7, 11) is 1.40. The van der Waals surface area contributed by atoms with Crippen LogP contribution >= 0.6 is 11.8 Å². The smallest absolute Gasteiger partial charge is 0.310 e. The van der Waals surface area contributed by atoms with Gasteiger partial charge in [-0.1, -0.05) is 18.2 Å². The Morgan fingerprint density at radius 1 is 1.35 bits per heavy atom. The van der Waals surface area contributed by atoms with Crippen molar-refractivity contribution in [3.05, 3.63) is 29.8 Å². The van der Waals surface area contributed by atoms with E-state index in [1.807, 2.05) is 17.0 Å². The predicted molar refractivity (Wildman–Crippen MR) is 76.5 cm³/mol. The van der Waals surface area contributed by atoms with Gasteiger partial charge in [-0.05, 0) is 24.5 Å². The largest absolute Gasteiger partial charge is 0.469 e. The lowest BCUT2D eigenvalue weighted by Gasteiger charge is -2.19. The van der Waals surface area contributed by atoms with Crippen LogP contribution in [0, 0.1) is 5.92 Å². The molecule has 2 aliphatic rings. The maximum atomic E-state index is 12.5. The van der Waals surface area contributed by atoms with Crippen molar-refractivity contribution < 1.29 is 14.3 Å². The van der Waals surface area contributed by atoms with Crippen molar-refractivity contribution in [2.24, 2.45) is 5.92 Å². The van der Waals surface area contributed by atoms with Crippen LogP contribution in [0.2, 0.25) is 0 Å². The van der Waals surface area contributed by atoms with Crippen molar-refractivity contribution in [2.75, 3.05) is 20.2 Å². The van der Waals surface area contributed by atoms with Crippen LogP contribution in [-0.2, 0) is 20.7 Å². The standard InChI is InChI=1S/C15H17NO3S/c1-19-15(18)11-6-7-16(9-11)14(17)13-8-10-4-2-3-5-12(10)20-13/h2-5,11,13H,6-9H2,1H3. The zero-order valence-corrected chi connectivity index (χ0v) is 12.2. The molecule has 1 saturated heterocycles. The SMILES string of the molecule is COC(=O)C1CCN(C(=O)C2Cc3ccccc3S2)C1. The molecule has 106 valence electrons. The average molecular weight is 291 g/mol. The van der Waals surface area contributed by atoms with E-state index in [2.05, 4.69) is 12.1 Å². The Morgan fingerprint density at radius 3 is 2.90 bits per heavy atom. The minimum Gasteiger partial charge on any atom is -0.469 e. The third-order valence-electron chi connectivity index (χ3n) is 3.96. The maximum Gasteiger partial charge on any atom is 0.310 e. The second-order valence-electron chi connectivity index (χ2n) is 5.21. The van der Waals surface area contributed by atoms with Crippen LogP contribution in [0.5, 0.6) is 0 Å². The van der Waals surface area contributed by atoms with Crippen molar-refractivity contribution in [3.8, 4) is 0 Å². The molecule has 5 heteroatoms. The predicted octanol–water partition coefficient (Wildman–Crippen LogP) is 1.72. The molecular weight excluding hydrogens is 274 g/mol. The van der Waals surface area contributed by atoms with Crippen molar-refractivity contribution in [1.29, 1.82) is 0 Å². The molecule has 0 spiro atoms. The quantitative estimate of drug-likeness (QED) is 0.779. The first-order valence-corrected chi connectivity index (χ1v) is 7.68. The number of rotatable bonds is 2. The van der Waals surface area contributed by atoms with Crippen LogP contribution in [0.25, 0.3) is 0 Å². The summed E-state index contributed by atoms with van der Waals surface area (Å²) in [5, 5.41) is -0.0382. The van der Waals surface area contributed by atoms with E-state index in [1.165, 1.54) is 17.6 Å². The highest BCUT2D eigenvalue weighted by molar-refractivity contribution is 8.01. The van der Waals surface area contributed by atoms with Gasteiger partial charge in [0.2, 0.25) is 5.91 Å². The minimum absolute atomic E-state index is 0.0382. The van der Waals surface area contributed by atoms with Gasteiger partial charge in [-0.15, -0.1) is 11.8 Å². The van der Waals surface area contributed by atoms with Gasteiger partial charge in [-0.3, -0.25) is 9.59 Å². The van der Waals surface area contributed by atoms with E-state index in [4.69, 9.17) is 4.74 Å². The molecule has 1 aromatic carbocycles. The molecule has 2 aliphatic heterocycles. The van der Waals surface area contributed by atoms with Crippen molar-refractivity contribution in [2.45, 2.75) is 23.0 Å². The fourth-order valence-electron chi connectivity index (χ4n) is 2.84. The molecule has 1 aromatic rings. The summed E-state index contributed by atoms with van der Waals surface area (Å²) in [4.78, 5) is 27.1. The van der Waals surface area contributed by atoms with Gasteiger partial charge >= 0.3 is 5.97 Å². The lowest BCUT2D eigenvalue weighted by molar-refractivity contribution is -0.145. The van der Waals surface area contributed by atoms with E-state index < -0.39 is 0 Å². The molecule has 0 radical (unpaired) electrons. The van der Waals surface area contributed by atoms with Gasteiger partial charge in [-0.2, -0.15) is 0 Å². The highest BCUT2D eigenvalue weighted by Gasteiger charge is 2.37. The average Bonchev–Trinajstić information content (AvgIpc) is 3.12. The zero-order valence-electron chi connectivity index (χ0n) is 11.4. The number of thioether (sulfide) groups is 1. The Morgan fingerprint density at radius 2 is 2.15 bits per heavy atom. The fourth-order valence-corrected chi connectivity index (χ4v) is 4.12. The second-order valence-corrected chi connectivity index (χ2v) is 6.46. The summed E-state index contributed by atoms with van der Waals surface area (Å²) in [6, 6.07) is 8.16. The molecule has 1 amide bonds. The number of methoxy groups -OCH3 is 1. The number of carbonyl (C=O) groups is 2. The van der Waals surface area contributed by atoms with E-state index in [0.717, 1.165) is 6.42 Å². The van der Waals surface area contributed by atoms with E-state index in [-0.39, 0.29) is 23.0 Å². The Hall–Kier alpha value is -1.49. The van der Waals surface area contributed by atoms with Gasteiger partial charge in [0, 0.05) is 18.0 Å². The van der Waals surface area contributed by atoms with Gasteiger partial charge in [0.1, 0.15) is 0 Å². The van der Waals surface area contributed by atoms with Gasteiger partial charge in [0.25, 0.3) is 0 Å². The number of likely N-dealkylation sites (tertiary alicyclic amines) is 1. The normalized spacial score (nSPS) is 24.6. The number of fused-ring (bicyclic) bond motifs is 1. The van der Waals surface area contributed by atoms with E-state index in [0.29, 0.717) is 19.5 Å². The molecule has 0 N–H and O–H groups in total. The zero-order chi connectivity index (χ0) is 14.1. The number of esters is 1. The Balaban J connectivity index is 1.63. The summed E-state index contributed by atoms with van der Waals surface area (Å²) in [6.07, 6.45) is 1.50. The molecule has 0 aliphatic carbocycles. The molecule has 2 unspecified atom stereocenters. The number of ether oxygens (including phenoxy) is 1. The van der Waals surface area contributed by atoms with Crippen LogP contribution in [-0.4, -0.2) is 42.2 Å². The molecule has 3 rings (SSSR count). The number of hydrogen-bond acceptors (Lipinski definition) is 4. The number of nitrogens with zero attached hydrogens (tertiary/aromatic N) is 1. The van der Waals surface area contributed by atoms with Crippen LogP contribution < -0.4 is 0 Å². The topological polar surface area (TPSA) is 46.6 Å². The maximum absolute atomic E-state index is 12.5. The summed E-state index contributed by atoms with van der Waals surface area (Å²) < 4.78 is 4.76. The summed E-state index contributed by atoms with van der Waals surface area (Å²) >= 11 is 1.64. The Labute approximate surface area is 122 Å². The van der Waals surface area contributed by atoms with E-state index in [1.54, 1.807) is 11.8 Å². The van der Waals surface area contributed by atoms with E-state index >= 15 is 0 Å². The van der Waals surface area contributed by atoms with Gasteiger partial charge in [-0.25, -0.2) is 0 Å². The molecule has 2 heterocycles. The summed E-state index contributed by atoms with van der Waals surface area (Å²) in [5.41, 5.74) is 1.25. The number of hydrogen-bond donors (Lipinski definition) is 0. The van der Waals surface area contributed by atoms with Gasteiger partial charge in [0.05, 0.1) is 18.3 Å². The number of benzene rings is 1. The monoisotopic (exact) mass is 291 g/mol. The highest BCUT2D eigenvalue weighted by atomic mass is 32.2.